The Bertz CT molecular complexity index is 433. The molecule has 1 saturated carbocycles. The summed E-state index contributed by atoms with van der Waals surface area (Å²) in [4.78, 5) is 10.7. The lowest BCUT2D eigenvalue weighted by molar-refractivity contribution is -0.131. The quantitative estimate of drug-likeness (QED) is 0.859. The van der Waals surface area contributed by atoms with Crippen LogP contribution in [0.2, 0.25) is 0 Å². The van der Waals surface area contributed by atoms with E-state index in [2.05, 4.69) is 15.9 Å². The molecule has 0 radical (unpaired) electrons. The molecule has 0 amide bonds. The molecule has 1 fully saturated rings. The first-order chi connectivity index (χ1) is 7.65. The molecule has 1 aromatic carbocycles. The Balaban J connectivity index is 2.14. The van der Waals surface area contributed by atoms with Crippen LogP contribution in [0.3, 0.4) is 0 Å². The molecule has 0 bridgehead atoms. The number of halogens is 1. The molecular weight excluding hydrogens is 268 g/mol. The highest BCUT2D eigenvalue weighted by Crippen LogP contribution is 2.38. The summed E-state index contributed by atoms with van der Waals surface area (Å²) in [5.41, 5.74) is 2.21. The van der Waals surface area contributed by atoms with Gasteiger partial charge in [0.05, 0.1) is 0 Å². The Kier molecular flexibility index (Phi) is 3.44. The van der Waals surface area contributed by atoms with Crippen molar-refractivity contribution in [3.8, 4) is 0 Å². The SMILES string of the molecule is O=C(O)/C=C(/Cc1cccc(Br)c1)C1CC1. The van der Waals surface area contributed by atoms with E-state index in [0.717, 1.165) is 34.9 Å². The molecule has 2 nitrogen and oxygen atoms in total. The Hall–Kier alpha value is -1.09. The maximum Gasteiger partial charge on any atom is 0.328 e. The highest BCUT2D eigenvalue weighted by atomic mass is 79.9. The van der Waals surface area contributed by atoms with E-state index in [1.54, 1.807) is 0 Å². The third-order valence-electron chi connectivity index (χ3n) is 2.71. The minimum absolute atomic E-state index is 0.495. The van der Waals surface area contributed by atoms with E-state index in [1.807, 2.05) is 24.3 Å². The third kappa shape index (κ3) is 3.20. The Morgan fingerprint density at radius 3 is 2.81 bits per heavy atom. The van der Waals surface area contributed by atoms with Crippen molar-refractivity contribution in [2.24, 2.45) is 5.92 Å². The van der Waals surface area contributed by atoms with Gasteiger partial charge in [0.25, 0.3) is 0 Å². The molecule has 1 aromatic rings. The first-order valence-corrected chi connectivity index (χ1v) is 6.12. The fourth-order valence-corrected chi connectivity index (χ4v) is 2.26. The van der Waals surface area contributed by atoms with Crippen molar-refractivity contribution < 1.29 is 9.90 Å². The minimum Gasteiger partial charge on any atom is -0.478 e. The van der Waals surface area contributed by atoms with Gasteiger partial charge in [0.1, 0.15) is 0 Å². The number of aliphatic carboxylic acids is 1. The Morgan fingerprint density at radius 1 is 1.50 bits per heavy atom. The molecule has 0 unspecified atom stereocenters. The van der Waals surface area contributed by atoms with Gasteiger partial charge >= 0.3 is 5.97 Å². The summed E-state index contributed by atoms with van der Waals surface area (Å²) in [6.07, 6.45) is 4.38. The Labute approximate surface area is 103 Å². The lowest BCUT2D eigenvalue weighted by Crippen LogP contribution is -1.98. The van der Waals surface area contributed by atoms with Crippen molar-refractivity contribution in [1.29, 1.82) is 0 Å². The number of hydrogen-bond donors (Lipinski definition) is 1. The standard InChI is InChI=1S/C13H13BrO2/c14-12-3-1-2-9(7-12)6-11(8-13(15)16)10-4-5-10/h1-3,7-8,10H,4-6H2,(H,15,16)/b11-8-. The first kappa shape index (κ1) is 11.4. The minimum atomic E-state index is -0.836. The van der Waals surface area contributed by atoms with Gasteiger partial charge in [-0.25, -0.2) is 4.79 Å². The molecule has 1 N–H and O–H groups in total. The number of benzene rings is 1. The molecule has 0 saturated heterocycles. The van der Waals surface area contributed by atoms with Crippen molar-refractivity contribution >= 4 is 21.9 Å². The second-order valence-corrected chi connectivity index (χ2v) is 5.05. The summed E-state index contributed by atoms with van der Waals surface area (Å²) in [6.45, 7) is 0. The van der Waals surface area contributed by atoms with Crippen LogP contribution in [0.15, 0.2) is 40.4 Å². The molecule has 16 heavy (non-hydrogen) atoms. The molecule has 1 aliphatic carbocycles. The van der Waals surface area contributed by atoms with Crippen molar-refractivity contribution in [2.75, 3.05) is 0 Å². The van der Waals surface area contributed by atoms with E-state index in [0.29, 0.717) is 5.92 Å². The van der Waals surface area contributed by atoms with Crippen LogP contribution in [0, 0.1) is 5.92 Å². The van der Waals surface area contributed by atoms with Crippen LogP contribution in [0.4, 0.5) is 0 Å². The van der Waals surface area contributed by atoms with Crippen molar-refractivity contribution in [2.45, 2.75) is 19.3 Å². The molecule has 0 spiro atoms. The summed E-state index contributed by atoms with van der Waals surface area (Å²) in [6, 6.07) is 8.02. The third-order valence-corrected chi connectivity index (χ3v) is 3.20. The predicted molar refractivity (Wildman–Crippen MR) is 66.3 cm³/mol. The zero-order valence-electron chi connectivity index (χ0n) is 8.82. The van der Waals surface area contributed by atoms with Crippen molar-refractivity contribution in [1.82, 2.24) is 0 Å². The topological polar surface area (TPSA) is 37.3 Å². The van der Waals surface area contributed by atoms with Gasteiger partial charge in [-0.3, -0.25) is 0 Å². The molecule has 0 atom stereocenters. The average Bonchev–Trinajstić information content (AvgIpc) is 2.99. The average molecular weight is 281 g/mol. The summed E-state index contributed by atoms with van der Waals surface area (Å²) < 4.78 is 1.04. The van der Waals surface area contributed by atoms with Crippen LogP contribution in [0.25, 0.3) is 0 Å². The first-order valence-electron chi connectivity index (χ1n) is 5.33. The molecule has 0 aromatic heterocycles. The number of carboxylic acids is 1. The van der Waals surface area contributed by atoms with Gasteiger partial charge in [-0.05, 0) is 42.9 Å². The molecule has 2 rings (SSSR count). The fourth-order valence-electron chi connectivity index (χ4n) is 1.81. The lowest BCUT2D eigenvalue weighted by Gasteiger charge is -2.05. The molecule has 84 valence electrons. The van der Waals surface area contributed by atoms with Gasteiger partial charge in [0.2, 0.25) is 0 Å². The second-order valence-electron chi connectivity index (χ2n) is 4.14. The number of carbonyl (C=O) groups is 1. The van der Waals surface area contributed by atoms with Gasteiger partial charge in [-0.1, -0.05) is 33.6 Å². The number of rotatable bonds is 4. The number of allylic oxidation sites excluding steroid dienone is 1. The van der Waals surface area contributed by atoms with E-state index in [4.69, 9.17) is 5.11 Å². The van der Waals surface area contributed by atoms with Gasteiger partial charge in [-0.15, -0.1) is 0 Å². The highest BCUT2D eigenvalue weighted by Gasteiger charge is 2.26. The zero-order chi connectivity index (χ0) is 11.5. The van der Waals surface area contributed by atoms with E-state index >= 15 is 0 Å². The zero-order valence-corrected chi connectivity index (χ0v) is 10.4. The molecule has 3 heteroatoms. The van der Waals surface area contributed by atoms with Crippen LogP contribution in [-0.2, 0) is 11.2 Å². The monoisotopic (exact) mass is 280 g/mol. The normalized spacial score (nSPS) is 16.2. The highest BCUT2D eigenvalue weighted by molar-refractivity contribution is 9.10. The summed E-state index contributed by atoms with van der Waals surface area (Å²) >= 11 is 3.42. The number of hydrogen-bond acceptors (Lipinski definition) is 1. The van der Waals surface area contributed by atoms with Crippen LogP contribution in [0.5, 0.6) is 0 Å². The van der Waals surface area contributed by atoms with Crippen LogP contribution in [-0.4, -0.2) is 11.1 Å². The van der Waals surface area contributed by atoms with Crippen LogP contribution < -0.4 is 0 Å². The summed E-state index contributed by atoms with van der Waals surface area (Å²) in [5, 5.41) is 8.81. The van der Waals surface area contributed by atoms with E-state index in [-0.39, 0.29) is 0 Å². The van der Waals surface area contributed by atoms with Gasteiger partial charge in [-0.2, -0.15) is 0 Å². The summed E-state index contributed by atoms with van der Waals surface area (Å²) in [7, 11) is 0. The maximum absolute atomic E-state index is 10.7. The predicted octanol–water partition coefficient (Wildman–Crippen LogP) is 3.41. The van der Waals surface area contributed by atoms with Gasteiger partial charge in [0, 0.05) is 10.5 Å². The number of carboxylic acid groups (broad SMARTS) is 1. The van der Waals surface area contributed by atoms with Crippen LogP contribution >= 0.6 is 15.9 Å². The van der Waals surface area contributed by atoms with Gasteiger partial charge in [0.15, 0.2) is 0 Å². The van der Waals surface area contributed by atoms with E-state index in [9.17, 15) is 4.79 Å². The van der Waals surface area contributed by atoms with E-state index < -0.39 is 5.97 Å². The molecule has 0 aliphatic heterocycles. The van der Waals surface area contributed by atoms with Gasteiger partial charge < -0.3 is 5.11 Å². The molecular formula is C13H13BrO2. The second kappa shape index (κ2) is 4.83. The van der Waals surface area contributed by atoms with Crippen molar-refractivity contribution in [3.63, 3.8) is 0 Å². The summed E-state index contributed by atoms with van der Waals surface area (Å²) in [5.74, 6) is -0.341. The van der Waals surface area contributed by atoms with E-state index in [1.165, 1.54) is 6.08 Å². The van der Waals surface area contributed by atoms with Crippen molar-refractivity contribution in [3.05, 3.63) is 46.0 Å². The largest absolute Gasteiger partial charge is 0.478 e. The molecule has 0 heterocycles. The fraction of sp³-hybridized carbons (Fsp3) is 0.308. The lowest BCUT2D eigenvalue weighted by atomic mass is 10.0. The van der Waals surface area contributed by atoms with Crippen LogP contribution in [0.1, 0.15) is 18.4 Å². The maximum atomic E-state index is 10.7. The molecule has 1 aliphatic rings. The Morgan fingerprint density at radius 2 is 2.25 bits per heavy atom. The smallest absolute Gasteiger partial charge is 0.328 e.